The summed E-state index contributed by atoms with van der Waals surface area (Å²) in [6.45, 7) is 8.66. The molecule has 3 aromatic carbocycles. The van der Waals surface area contributed by atoms with Gasteiger partial charge in [0, 0.05) is 40.1 Å². The third-order valence-electron chi connectivity index (χ3n) is 7.44. The number of fused-ring (bicyclic) bond motifs is 1. The standard InChI is InChI=1S/C32H35ClN2O3/c1-5-6-26(22-9-11-23(12-10-22)32(38)34-14-13-29(36)37)30(24-8-7-19(2)20(3)15-24)28-18-35-31-21(4)16-25(33)17-27(28)31/h7-12,15-18,26,30,35H,5-6,13-14H2,1-4H3,(H,34,38)(H,36,37). The van der Waals surface area contributed by atoms with Crippen molar-refractivity contribution in [1.29, 1.82) is 0 Å². The van der Waals surface area contributed by atoms with Crippen LogP contribution in [-0.4, -0.2) is 28.5 Å². The van der Waals surface area contributed by atoms with E-state index in [2.05, 4.69) is 68.5 Å². The molecular weight excluding hydrogens is 496 g/mol. The highest BCUT2D eigenvalue weighted by molar-refractivity contribution is 6.31. The number of aromatic amines is 1. The molecule has 198 valence electrons. The quantitative estimate of drug-likeness (QED) is 0.197. The van der Waals surface area contributed by atoms with Crippen molar-refractivity contribution in [3.8, 4) is 0 Å². The van der Waals surface area contributed by atoms with Crippen molar-refractivity contribution >= 4 is 34.4 Å². The first-order chi connectivity index (χ1) is 18.2. The van der Waals surface area contributed by atoms with Crippen molar-refractivity contribution in [2.24, 2.45) is 0 Å². The van der Waals surface area contributed by atoms with E-state index in [9.17, 15) is 9.59 Å². The molecule has 0 saturated heterocycles. The van der Waals surface area contributed by atoms with Gasteiger partial charge in [0.15, 0.2) is 0 Å². The molecule has 1 amide bonds. The van der Waals surface area contributed by atoms with Crippen LogP contribution in [0.1, 0.15) is 81.8 Å². The Morgan fingerprint density at radius 3 is 2.32 bits per heavy atom. The number of carboxylic acids is 1. The Kier molecular flexibility index (Phi) is 8.58. The van der Waals surface area contributed by atoms with Crippen LogP contribution in [0.25, 0.3) is 10.9 Å². The smallest absolute Gasteiger partial charge is 0.305 e. The van der Waals surface area contributed by atoms with Gasteiger partial charge in [0.2, 0.25) is 0 Å². The lowest BCUT2D eigenvalue weighted by Gasteiger charge is -2.29. The number of carbonyl (C=O) groups excluding carboxylic acids is 1. The van der Waals surface area contributed by atoms with E-state index in [1.807, 2.05) is 30.3 Å². The SMILES string of the molecule is CCCC(c1ccc(C(=O)NCCC(=O)O)cc1)C(c1ccc(C)c(C)c1)c1c[nH]c2c(C)cc(Cl)cc12. The minimum absolute atomic E-state index is 0.0797. The first-order valence-corrected chi connectivity index (χ1v) is 13.5. The Balaban J connectivity index is 1.78. The molecule has 6 heteroatoms. The lowest BCUT2D eigenvalue weighted by Crippen LogP contribution is -2.26. The molecule has 38 heavy (non-hydrogen) atoms. The van der Waals surface area contributed by atoms with Gasteiger partial charge in [-0.15, -0.1) is 0 Å². The fourth-order valence-electron chi connectivity index (χ4n) is 5.34. The number of benzene rings is 3. The Morgan fingerprint density at radius 2 is 1.66 bits per heavy atom. The third-order valence-corrected chi connectivity index (χ3v) is 7.65. The number of hydrogen-bond donors (Lipinski definition) is 3. The van der Waals surface area contributed by atoms with Gasteiger partial charge in [-0.2, -0.15) is 0 Å². The van der Waals surface area contributed by atoms with Crippen LogP contribution in [0.5, 0.6) is 0 Å². The fraction of sp³-hybridized carbons (Fsp3) is 0.312. The molecule has 2 unspecified atom stereocenters. The van der Waals surface area contributed by atoms with Crippen molar-refractivity contribution in [1.82, 2.24) is 10.3 Å². The molecule has 5 nitrogen and oxygen atoms in total. The average Bonchev–Trinajstić information content (AvgIpc) is 3.29. The molecule has 0 aliphatic heterocycles. The molecule has 1 aromatic heterocycles. The number of rotatable bonds is 10. The average molecular weight is 531 g/mol. The molecule has 4 rings (SSSR count). The first kappa shape index (κ1) is 27.5. The van der Waals surface area contributed by atoms with Crippen LogP contribution in [0.4, 0.5) is 0 Å². The number of hydrogen-bond acceptors (Lipinski definition) is 2. The Bertz CT molecular complexity index is 1460. The lowest BCUT2D eigenvalue weighted by atomic mass is 9.74. The normalized spacial score (nSPS) is 12.9. The molecule has 2 atom stereocenters. The molecule has 0 bridgehead atoms. The second-order valence-corrected chi connectivity index (χ2v) is 10.6. The highest BCUT2D eigenvalue weighted by atomic mass is 35.5. The van der Waals surface area contributed by atoms with Crippen LogP contribution < -0.4 is 5.32 Å². The van der Waals surface area contributed by atoms with Gasteiger partial charge in [-0.25, -0.2) is 0 Å². The molecule has 3 N–H and O–H groups in total. The minimum Gasteiger partial charge on any atom is -0.481 e. The predicted octanol–water partition coefficient (Wildman–Crippen LogP) is 7.67. The van der Waals surface area contributed by atoms with E-state index < -0.39 is 5.97 Å². The van der Waals surface area contributed by atoms with Crippen molar-refractivity contribution in [3.63, 3.8) is 0 Å². The maximum atomic E-state index is 12.5. The molecule has 0 fully saturated rings. The van der Waals surface area contributed by atoms with Crippen LogP contribution in [0, 0.1) is 20.8 Å². The Labute approximate surface area is 229 Å². The Hall–Kier alpha value is -3.57. The number of H-pyrrole nitrogens is 1. The van der Waals surface area contributed by atoms with Gasteiger partial charge in [-0.05, 0) is 90.8 Å². The summed E-state index contributed by atoms with van der Waals surface area (Å²) < 4.78 is 0. The van der Waals surface area contributed by atoms with Gasteiger partial charge in [-0.3, -0.25) is 9.59 Å². The van der Waals surface area contributed by atoms with Crippen LogP contribution >= 0.6 is 11.6 Å². The summed E-state index contributed by atoms with van der Waals surface area (Å²) in [5.41, 5.74) is 8.87. The van der Waals surface area contributed by atoms with Crippen molar-refractivity contribution in [2.45, 2.75) is 58.8 Å². The Morgan fingerprint density at radius 1 is 0.947 bits per heavy atom. The largest absolute Gasteiger partial charge is 0.481 e. The third kappa shape index (κ3) is 5.94. The highest BCUT2D eigenvalue weighted by Gasteiger charge is 2.29. The molecule has 0 aliphatic rings. The summed E-state index contributed by atoms with van der Waals surface area (Å²) in [5.74, 6) is -0.952. The molecule has 0 saturated carbocycles. The summed E-state index contributed by atoms with van der Waals surface area (Å²) in [5, 5.41) is 13.4. The molecule has 1 heterocycles. The maximum Gasteiger partial charge on any atom is 0.305 e. The zero-order valence-electron chi connectivity index (χ0n) is 22.4. The molecule has 0 spiro atoms. The molecule has 0 aliphatic carbocycles. The fourth-order valence-corrected chi connectivity index (χ4v) is 5.61. The van der Waals surface area contributed by atoms with E-state index in [0.717, 1.165) is 39.9 Å². The highest BCUT2D eigenvalue weighted by Crippen LogP contribution is 2.45. The van der Waals surface area contributed by atoms with Gasteiger partial charge in [-0.1, -0.05) is 55.3 Å². The van der Waals surface area contributed by atoms with Crippen molar-refractivity contribution in [2.75, 3.05) is 6.54 Å². The lowest BCUT2D eigenvalue weighted by molar-refractivity contribution is -0.136. The second kappa shape index (κ2) is 11.9. The number of halogens is 1. The van der Waals surface area contributed by atoms with E-state index >= 15 is 0 Å². The summed E-state index contributed by atoms with van der Waals surface area (Å²) in [7, 11) is 0. The van der Waals surface area contributed by atoms with Crippen LogP contribution in [0.2, 0.25) is 5.02 Å². The van der Waals surface area contributed by atoms with E-state index in [-0.39, 0.29) is 30.7 Å². The van der Waals surface area contributed by atoms with Crippen molar-refractivity contribution in [3.05, 3.63) is 105 Å². The summed E-state index contributed by atoms with van der Waals surface area (Å²) in [6, 6.07) is 18.5. The predicted molar refractivity (Wildman–Crippen MR) is 154 cm³/mol. The van der Waals surface area contributed by atoms with Gasteiger partial charge >= 0.3 is 5.97 Å². The van der Waals surface area contributed by atoms with Crippen molar-refractivity contribution < 1.29 is 14.7 Å². The molecule has 4 aromatic rings. The summed E-state index contributed by atoms with van der Waals surface area (Å²) >= 11 is 6.52. The zero-order valence-corrected chi connectivity index (χ0v) is 23.2. The number of carboxylic acid groups (broad SMARTS) is 1. The number of carbonyl (C=O) groups is 2. The monoisotopic (exact) mass is 530 g/mol. The van der Waals surface area contributed by atoms with E-state index in [4.69, 9.17) is 16.7 Å². The first-order valence-electron chi connectivity index (χ1n) is 13.1. The van der Waals surface area contributed by atoms with Gasteiger partial charge in [0.25, 0.3) is 5.91 Å². The minimum atomic E-state index is -0.936. The zero-order chi connectivity index (χ0) is 27.4. The molecule has 0 radical (unpaired) electrons. The van der Waals surface area contributed by atoms with Gasteiger partial charge in [0.1, 0.15) is 0 Å². The second-order valence-electron chi connectivity index (χ2n) is 10.1. The van der Waals surface area contributed by atoms with E-state index in [0.29, 0.717) is 5.56 Å². The van der Waals surface area contributed by atoms with E-state index in [1.165, 1.54) is 22.3 Å². The van der Waals surface area contributed by atoms with Gasteiger partial charge < -0.3 is 15.4 Å². The maximum absolute atomic E-state index is 12.5. The van der Waals surface area contributed by atoms with Crippen LogP contribution in [0.3, 0.4) is 0 Å². The molecular formula is C32H35ClN2O3. The van der Waals surface area contributed by atoms with Crippen LogP contribution in [0.15, 0.2) is 60.8 Å². The van der Waals surface area contributed by atoms with E-state index in [1.54, 1.807) is 0 Å². The summed E-state index contributed by atoms with van der Waals surface area (Å²) in [4.78, 5) is 26.8. The number of nitrogens with one attached hydrogen (secondary N) is 2. The number of aryl methyl sites for hydroxylation is 3. The number of amides is 1. The number of aliphatic carboxylic acids is 1. The number of aromatic nitrogens is 1. The van der Waals surface area contributed by atoms with Crippen LogP contribution in [-0.2, 0) is 4.79 Å². The topological polar surface area (TPSA) is 82.2 Å². The summed E-state index contributed by atoms with van der Waals surface area (Å²) in [6.07, 6.45) is 3.99. The van der Waals surface area contributed by atoms with Gasteiger partial charge in [0.05, 0.1) is 6.42 Å².